The molecule has 0 atom stereocenters. The van der Waals surface area contributed by atoms with Crippen molar-refractivity contribution in [2.45, 2.75) is 73.6 Å². The summed E-state index contributed by atoms with van der Waals surface area (Å²) in [5, 5.41) is 3.03. The third-order valence-corrected chi connectivity index (χ3v) is 6.80. The van der Waals surface area contributed by atoms with Gasteiger partial charge in [-0.15, -0.1) is 0 Å². The Hall–Kier alpha value is -2.95. The standard InChI is InChI=1S/C17H25NO2.C12H14O2/c1-4-13-6-8-14(9-7-13)17(19)18-15-10-5-12(2)16(11-15)20-3;1-7-5-6-8(2)12(10(4)14)11(7)9(3)13/h5,10-11,13-14H,4,6-9H2,1-3H3,(H,18,19);5-6H,1-4H3. The van der Waals surface area contributed by atoms with Crippen LogP contribution < -0.4 is 10.1 Å². The van der Waals surface area contributed by atoms with Gasteiger partial charge in [-0.05, 0) is 89.0 Å². The van der Waals surface area contributed by atoms with Crippen LogP contribution in [-0.2, 0) is 4.79 Å². The molecule has 1 aliphatic carbocycles. The predicted octanol–water partition coefficient (Wildman–Crippen LogP) is 6.87. The van der Waals surface area contributed by atoms with E-state index in [0.717, 1.165) is 46.9 Å². The number of ketones is 2. The third kappa shape index (κ3) is 7.02. The zero-order valence-corrected chi connectivity index (χ0v) is 21.7. The lowest BCUT2D eigenvalue weighted by Crippen LogP contribution is -2.27. The van der Waals surface area contributed by atoms with Crippen LogP contribution in [0.4, 0.5) is 5.69 Å². The number of anilines is 1. The molecule has 0 aliphatic heterocycles. The quantitative estimate of drug-likeness (QED) is 0.473. The maximum atomic E-state index is 12.3. The Morgan fingerprint density at radius 2 is 1.35 bits per heavy atom. The van der Waals surface area contributed by atoms with Gasteiger partial charge in [0.15, 0.2) is 11.6 Å². The van der Waals surface area contributed by atoms with Crippen molar-refractivity contribution in [2.75, 3.05) is 12.4 Å². The first kappa shape index (κ1) is 27.3. The Balaban J connectivity index is 0.000000257. The smallest absolute Gasteiger partial charge is 0.227 e. The van der Waals surface area contributed by atoms with E-state index >= 15 is 0 Å². The molecule has 0 unspecified atom stereocenters. The minimum absolute atomic E-state index is 0.0450. The Morgan fingerprint density at radius 3 is 1.79 bits per heavy atom. The second-order valence-electron chi connectivity index (χ2n) is 9.36. The molecule has 0 heterocycles. The highest BCUT2D eigenvalue weighted by Gasteiger charge is 2.25. The highest BCUT2D eigenvalue weighted by molar-refractivity contribution is 6.09. The summed E-state index contributed by atoms with van der Waals surface area (Å²) in [6.07, 6.45) is 5.65. The minimum Gasteiger partial charge on any atom is -0.496 e. The zero-order chi connectivity index (χ0) is 25.4. The van der Waals surface area contributed by atoms with Gasteiger partial charge in [-0.25, -0.2) is 0 Å². The molecule has 0 saturated heterocycles. The SMILES string of the molecule is CC(=O)c1c(C)ccc(C)c1C(C)=O.CCC1CCC(C(=O)Nc2ccc(C)c(OC)c2)CC1. The van der Waals surface area contributed by atoms with Gasteiger partial charge in [0, 0.05) is 28.8 Å². The number of ether oxygens (including phenoxy) is 1. The molecule has 34 heavy (non-hydrogen) atoms. The molecular weight excluding hydrogens is 426 g/mol. The highest BCUT2D eigenvalue weighted by atomic mass is 16.5. The van der Waals surface area contributed by atoms with E-state index in [0.29, 0.717) is 11.1 Å². The molecule has 1 N–H and O–H groups in total. The van der Waals surface area contributed by atoms with Gasteiger partial charge < -0.3 is 10.1 Å². The molecule has 3 rings (SSSR count). The summed E-state index contributed by atoms with van der Waals surface area (Å²) >= 11 is 0. The van der Waals surface area contributed by atoms with Crippen LogP contribution in [0.15, 0.2) is 30.3 Å². The van der Waals surface area contributed by atoms with E-state index in [-0.39, 0.29) is 23.4 Å². The average Bonchev–Trinajstić information content (AvgIpc) is 2.81. The third-order valence-electron chi connectivity index (χ3n) is 6.80. The summed E-state index contributed by atoms with van der Waals surface area (Å²) in [6.45, 7) is 10.9. The van der Waals surface area contributed by atoms with Crippen LogP contribution in [0, 0.1) is 32.6 Å². The van der Waals surface area contributed by atoms with Crippen molar-refractivity contribution in [2.24, 2.45) is 11.8 Å². The van der Waals surface area contributed by atoms with Crippen molar-refractivity contribution in [3.63, 3.8) is 0 Å². The van der Waals surface area contributed by atoms with Crippen molar-refractivity contribution in [3.8, 4) is 5.75 Å². The van der Waals surface area contributed by atoms with Gasteiger partial charge in [0.05, 0.1) is 7.11 Å². The number of rotatable bonds is 6. The lowest BCUT2D eigenvalue weighted by atomic mass is 9.80. The Kier molecular flexibility index (Phi) is 10.0. The highest BCUT2D eigenvalue weighted by Crippen LogP contribution is 2.31. The van der Waals surface area contributed by atoms with E-state index < -0.39 is 0 Å². The number of Topliss-reactive ketones (excluding diaryl/α,β-unsaturated/α-hetero) is 2. The molecule has 5 heteroatoms. The predicted molar refractivity (Wildman–Crippen MR) is 138 cm³/mol. The average molecular weight is 466 g/mol. The van der Waals surface area contributed by atoms with Crippen LogP contribution in [0.3, 0.4) is 0 Å². The maximum absolute atomic E-state index is 12.3. The fourth-order valence-electron chi connectivity index (χ4n) is 4.69. The fourth-order valence-corrected chi connectivity index (χ4v) is 4.69. The molecule has 2 aromatic carbocycles. The van der Waals surface area contributed by atoms with Gasteiger partial charge in [-0.2, -0.15) is 0 Å². The zero-order valence-electron chi connectivity index (χ0n) is 21.7. The molecule has 184 valence electrons. The number of carbonyl (C=O) groups excluding carboxylic acids is 3. The second kappa shape index (κ2) is 12.5. The van der Waals surface area contributed by atoms with Crippen molar-refractivity contribution in [1.29, 1.82) is 0 Å². The monoisotopic (exact) mass is 465 g/mol. The normalized spacial score (nSPS) is 17.3. The number of benzene rings is 2. The van der Waals surface area contributed by atoms with Gasteiger partial charge in [0.1, 0.15) is 5.75 Å². The molecule has 1 aliphatic rings. The van der Waals surface area contributed by atoms with Crippen LogP contribution in [-0.4, -0.2) is 24.6 Å². The van der Waals surface area contributed by atoms with Crippen molar-refractivity contribution in [3.05, 3.63) is 58.1 Å². The molecular formula is C29H39NO4. The Morgan fingerprint density at radius 1 is 0.853 bits per heavy atom. The lowest BCUT2D eigenvalue weighted by molar-refractivity contribution is -0.121. The molecule has 0 spiro atoms. The first-order valence-electron chi connectivity index (χ1n) is 12.2. The van der Waals surface area contributed by atoms with Crippen LogP contribution in [0.25, 0.3) is 0 Å². The summed E-state index contributed by atoms with van der Waals surface area (Å²) in [4.78, 5) is 35.1. The molecule has 0 radical (unpaired) electrons. The van der Waals surface area contributed by atoms with E-state index in [1.807, 2.05) is 51.1 Å². The number of hydrogen-bond donors (Lipinski definition) is 1. The van der Waals surface area contributed by atoms with E-state index in [2.05, 4.69) is 12.2 Å². The molecule has 1 fully saturated rings. The lowest BCUT2D eigenvalue weighted by Gasteiger charge is -2.27. The molecule has 2 aromatic rings. The largest absolute Gasteiger partial charge is 0.496 e. The van der Waals surface area contributed by atoms with Crippen molar-refractivity contribution >= 4 is 23.2 Å². The summed E-state index contributed by atoms with van der Waals surface area (Å²) in [7, 11) is 1.65. The summed E-state index contributed by atoms with van der Waals surface area (Å²) in [6, 6.07) is 9.55. The number of hydrogen-bond acceptors (Lipinski definition) is 4. The first-order chi connectivity index (χ1) is 16.1. The number of carbonyl (C=O) groups is 3. The minimum atomic E-state index is -0.0450. The topological polar surface area (TPSA) is 72.5 Å². The van der Waals surface area contributed by atoms with Gasteiger partial charge >= 0.3 is 0 Å². The number of amides is 1. The molecule has 5 nitrogen and oxygen atoms in total. The van der Waals surface area contributed by atoms with Crippen molar-refractivity contribution < 1.29 is 19.1 Å². The second-order valence-corrected chi connectivity index (χ2v) is 9.36. The van der Waals surface area contributed by atoms with Gasteiger partial charge in [0.25, 0.3) is 0 Å². The summed E-state index contributed by atoms with van der Waals surface area (Å²) in [5.74, 6) is 1.87. The summed E-state index contributed by atoms with van der Waals surface area (Å²) < 4.78 is 5.29. The molecule has 0 aromatic heterocycles. The fraction of sp³-hybridized carbons (Fsp3) is 0.483. The Bertz CT molecular complexity index is 994. The van der Waals surface area contributed by atoms with Crippen LogP contribution in [0.2, 0.25) is 0 Å². The molecule has 1 amide bonds. The molecule has 0 bridgehead atoms. The van der Waals surface area contributed by atoms with Gasteiger partial charge in [0.2, 0.25) is 5.91 Å². The molecule has 1 saturated carbocycles. The number of nitrogens with one attached hydrogen (secondary N) is 1. The maximum Gasteiger partial charge on any atom is 0.227 e. The van der Waals surface area contributed by atoms with Crippen molar-refractivity contribution in [1.82, 2.24) is 0 Å². The summed E-state index contributed by atoms with van der Waals surface area (Å²) in [5.41, 5.74) is 4.78. The first-order valence-corrected chi connectivity index (χ1v) is 12.2. The van der Waals surface area contributed by atoms with Crippen LogP contribution in [0.5, 0.6) is 5.75 Å². The van der Waals surface area contributed by atoms with Crippen LogP contribution >= 0.6 is 0 Å². The van der Waals surface area contributed by atoms with Crippen LogP contribution in [0.1, 0.15) is 90.3 Å². The number of methoxy groups -OCH3 is 1. The van der Waals surface area contributed by atoms with E-state index in [1.165, 1.54) is 33.1 Å². The number of aryl methyl sites for hydroxylation is 3. The van der Waals surface area contributed by atoms with E-state index in [1.54, 1.807) is 7.11 Å². The van der Waals surface area contributed by atoms with E-state index in [4.69, 9.17) is 4.74 Å². The Labute approximate surface area is 204 Å². The van der Waals surface area contributed by atoms with Gasteiger partial charge in [-0.1, -0.05) is 31.5 Å². The van der Waals surface area contributed by atoms with E-state index in [9.17, 15) is 14.4 Å². The van der Waals surface area contributed by atoms with Gasteiger partial charge in [-0.3, -0.25) is 14.4 Å².